The number of rotatable bonds is 4. The van der Waals surface area contributed by atoms with Gasteiger partial charge in [-0.25, -0.2) is 0 Å². The summed E-state index contributed by atoms with van der Waals surface area (Å²) in [4.78, 5) is 14.5. The van der Waals surface area contributed by atoms with Gasteiger partial charge in [-0.1, -0.05) is 0 Å². The molecule has 2 aliphatic carbocycles. The molecule has 5 nitrogen and oxygen atoms in total. The second-order valence-electron chi connectivity index (χ2n) is 6.95. The molecule has 3 fully saturated rings. The third-order valence-electron chi connectivity index (χ3n) is 5.14. The fourth-order valence-corrected chi connectivity index (χ4v) is 3.78. The van der Waals surface area contributed by atoms with E-state index in [-0.39, 0.29) is 12.0 Å². The van der Waals surface area contributed by atoms with E-state index in [2.05, 4.69) is 24.1 Å². The van der Waals surface area contributed by atoms with Gasteiger partial charge in [-0.05, 0) is 46.0 Å². The van der Waals surface area contributed by atoms with Gasteiger partial charge in [0.15, 0.2) is 0 Å². The lowest BCUT2D eigenvalue weighted by Gasteiger charge is -2.41. The van der Waals surface area contributed by atoms with Crippen LogP contribution >= 0.6 is 0 Å². The zero-order chi connectivity index (χ0) is 14.3. The number of primary amides is 1. The van der Waals surface area contributed by atoms with Crippen LogP contribution in [0.2, 0.25) is 0 Å². The summed E-state index contributed by atoms with van der Waals surface area (Å²) in [7, 11) is 0. The molecule has 0 aromatic rings. The van der Waals surface area contributed by atoms with Gasteiger partial charge in [0.1, 0.15) is 0 Å². The highest BCUT2D eigenvalue weighted by atomic mass is 16.5. The Labute approximate surface area is 121 Å². The van der Waals surface area contributed by atoms with Crippen molar-refractivity contribution in [1.29, 1.82) is 0 Å². The summed E-state index contributed by atoms with van der Waals surface area (Å²) in [5, 5.41) is 3.53. The Balaban J connectivity index is 1.68. The van der Waals surface area contributed by atoms with Crippen LogP contribution in [0.15, 0.2) is 0 Å². The minimum absolute atomic E-state index is 0.166. The molecule has 0 radical (unpaired) electrons. The number of amides is 1. The molecule has 4 atom stereocenters. The van der Waals surface area contributed by atoms with E-state index < -0.39 is 5.54 Å². The summed E-state index contributed by atoms with van der Waals surface area (Å²) in [5.41, 5.74) is 5.25. The van der Waals surface area contributed by atoms with Gasteiger partial charge in [-0.2, -0.15) is 0 Å². The fraction of sp³-hybridized carbons (Fsp3) is 0.933. The Morgan fingerprint density at radius 2 is 2.10 bits per heavy atom. The van der Waals surface area contributed by atoms with E-state index in [1.165, 1.54) is 12.8 Å². The van der Waals surface area contributed by atoms with Crippen LogP contribution in [-0.4, -0.2) is 53.7 Å². The maximum atomic E-state index is 12.0. The number of carbonyl (C=O) groups is 1. The molecule has 3 rings (SSSR count). The molecule has 3 N–H and O–H groups in total. The van der Waals surface area contributed by atoms with Gasteiger partial charge in [0, 0.05) is 24.7 Å². The summed E-state index contributed by atoms with van der Waals surface area (Å²) >= 11 is 0. The zero-order valence-electron chi connectivity index (χ0n) is 12.6. The third kappa shape index (κ3) is 2.71. The minimum atomic E-state index is -0.465. The second-order valence-corrected chi connectivity index (χ2v) is 6.95. The van der Waals surface area contributed by atoms with Crippen LogP contribution in [-0.2, 0) is 9.53 Å². The summed E-state index contributed by atoms with van der Waals surface area (Å²) in [6, 6.07) is 1.40. The number of hydrogen-bond donors (Lipinski definition) is 2. The standard InChI is InChI=1S/C15H27N3O2/c1-10-9-20-11(2)8-18(10)13-5-6-15(7-13,14(16)19)17-12-3-4-12/h10-13,17H,3-9H2,1-2H3,(H2,16,19). The van der Waals surface area contributed by atoms with E-state index in [0.717, 1.165) is 32.4 Å². The molecule has 4 unspecified atom stereocenters. The lowest BCUT2D eigenvalue weighted by atomic mass is 9.95. The highest BCUT2D eigenvalue weighted by molar-refractivity contribution is 5.85. The van der Waals surface area contributed by atoms with E-state index in [1.54, 1.807) is 0 Å². The lowest BCUT2D eigenvalue weighted by molar-refractivity contribution is -0.124. The molecular formula is C15H27N3O2. The van der Waals surface area contributed by atoms with Gasteiger partial charge in [0.25, 0.3) is 0 Å². The predicted molar refractivity (Wildman–Crippen MR) is 77.3 cm³/mol. The third-order valence-corrected chi connectivity index (χ3v) is 5.14. The van der Waals surface area contributed by atoms with E-state index in [0.29, 0.717) is 18.1 Å². The number of carbonyl (C=O) groups excluding carboxylic acids is 1. The van der Waals surface area contributed by atoms with Gasteiger partial charge in [0.05, 0.1) is 18.2 Å². The van der Waals surface area contributed by atoms with Crippen molar-refractivity contribution in [3.05, 3.63) is 0 Å². The van der Waals surface area contributed by atoms with Crippen LogP contribution in [0.4, 0.5) is 0 Å². The first-order chi connectivity index (χ1) is 9.50. The molecule has 0 aromatic heterocycles. The van der Waals surface area contributed by atoms with Crippen LogP contribution in [0.3, 0.4) is 0 Å². The highest BCUT2D eigenvalue weighted by Gasteiger charge is 2.49. The summed E-state index contributed by atoms with van der Waals surface area (Å²) < 4.78 is 5.70. The number of nitrogens with one attached hydrogen (secondary N) is 1. The number of morpholine rings is 1. The Morgan fingerprint density at radius 1 is 1.35 bits per heavy atom. The second kappa shape index (κ2) is 5.28. The molecule has 1 saturated heterocycles. The monoisotopic (exact) mass is 281 g/mol. The Kier molecular flexibility index (Phi) is 3.77. The van der Waals surface area contributed by atoms with E-state index in [9.17, 15) is 4.79 Å². The highest BCUT2D eigenvalue weighted by Crippen LogP contribution is 2.37. The number of nitrogens with two attached hydrogens (primary N) is 1. The molecule has 0 aromatic carbocycles. The lowest BCUT2D eigenvalue weighted by Crippen LogP contribution is -2.57. The van der Waals surface area contributed by atoms with Crippen molar-refractivity contribution in [3.8, 4) is 0 Å². The van der Waals surface area contributed by atoms with Crippen LogP contribution in [0.1, 0.15) is 46.0 Å². The fourth-order valence-electron chi connectivity index (χ4n) is 3.78. The Morgan fingerprint density at radius 3 is 2.75 bits per heavy atom. The summed E-state index contributed by atoms with van der Waals surface area (Å²) in [6.07, 6.45) is 5.44. The molecule has 114 valence electrons. The molecule has 0 bridgehead atoms. The van der Waals surface area contributed by atoms with Gasteiger partial charge in [-0.3, -0.25) is 9.69 Å². The van der Waals surface area contributed by atoms with Gasteiger partial charge < -0.3 is 15.8 Å². The van der Waals surface area contributed by atoms with Gasteiger partial charge >= 0.3 is 0 Å². The topological polar surface area (TPSA) is 67.6 Å². The van der Waals surface area contributed by atoms with Crippen molar-refractivity contribution in [2.45, 2.75) is 75.7 Å². The summed E-state index contributed by atoms with van der Waals surface area (Å²) in [5.74, 6) is -0.166. The number of hydrogen-bond acceptors (Lipinski definition) is 4. The summed E-state index contributed by atoms with van der Waals surface area (Å²) in [6.45, 7) is 6.09. The molecule has 20 heavy (non-hydrogen) atoms. The van der Waals surface area contributed by atoms with Crippen LogP contribution in [0, 0.1) is 0 Å². The average Bonchev–Trinajstić information content (AvgIpc) is 3.10. The van der Waals surface area contributed by atoms with Crippen LogP contribution < -0.4 is 11.1 Å². The first-order valence-electron chi connectivity index (χ1n) is 7.95. The molecule has 0 spiro atoms. The van der Waals surface area contributed by atoms with Crippen LogP contribution in [0.5, 0.6) is 0 Å². The SMILES string of the molecule is CC1CN(C2CCC(NC3CC3)(C(N)=O)C2)C(C)CO1. The van der Waals surface area contributed by atoms with Crippen LogP contribution in [0.25, 0.3) is 0 Å². The van der Waals surface area contributed by atoms with Gasteiger partial charge in [-0.15, -0.1) is 0 Å². The maximum Gasteiger partial charge on any atom is 0.237 e. The maximum absolute atomic E-state index is 12.0. The van der Waals surface area contributed by atoms with E-state index in [4.69, 9.17) is 10.5 Å². The Hall–Kier alpha value is -0.650. The predicted octanol–water partition coefficient (Wildman–Crippen LogP) is 0.624. The molecule has 5 heteroatoms. The quantitative estimate of drug-likeness (QED) is 0.793. The van der Waals surface area contributed by atoms with Crippen molar-refractivity contribution in [1.82, 2.24) is 10.2 Å². The number of nitrogens with zero attached hydrogens (tertiary/aromatic N) is 1. The molecular weight excluding hydrogens is 254 g/mol. The van der Waals surface area contributed by atoms with Crippen molar-refractivity contribution in [3.63, 3.8) is 0 Å². The Bertz CT molecular complexity index is 385. The normalized spacial score (nSPS) is 42.8. The number of ether oxygens (including phenoxy) is 1. The van der Waals surface area contributed by atoms with Crippen molar-refractivity contribution < 1.29 is 9.53 Å². The zero-order valence-corrected chi connectivity index (χ0v) is 12.6. The smallest absolute Gasteiger partial charge is 0.237 e. The van der Waals surface area contributed by atoms with E-state index in [1.807, 2.05) is 0 Å². The van der Waals surface area contributed by atoms with Crippen molar-refractivity contribution >= 4 is 5.91 Å². The average molecular weight is 281 g/mol. The van der Waals surface area contributed by atoms with E-state index >= 15 is 0 Å². The molecule has 1 amide bonds. The minimum Gasteiger partial charge on any atom is -0.376 e. The van der Waals surface area contributed by atoms with Crippen molar-refractivity contribution in [2.75, 3.05) is 13.2 Å². The first-order valence-corrected chi connectivity index (χ1v) is 7.95. The largest absolute Gasteiger partial charge is 0.376 e. The molecule has 1 aliphatic heterocycles. The van der Waals surface area contributed by atoms with Gasteiger partial charge in [0.2, 0.25) is 5.91 Å². The first kappa shape index (κ1) is 14.3. The molecule has 1 heterocycles. The molecule has 2 saturated carbocycles. The van der Waals surface area contributed by atoms with Crippen molar-refractivity contribution in [2.24, 2.45) is 5.73 Å². The molecule has 3 aliphatic rings.